The third-order valence-electron chi connectivity index (χ3n) is 23.8. The third kappa shape index (κ3) is 5.65. The minimum absolute atomic E-state index is 0.299. The Hall–Kier alpha value is -12.1. The Morgan fingerprint density at radius 3 is 1.09 bits per heavy atom. The van der Waals surface area contributed by atoms with Gasteiger partial charge in [-0.25, -0.2) is 0 Å². The molecule has 0 saturated heterocycles. The van der Waals surface area contributed by atoms with Crippen LogP contribution in [0.4, 0.5) is 0 Å². The van der Waals surface area contributed by atoms with Gasteiger partial charge in [-0.1, -0.05) is 295 Å². The molecule has 0 fully saturated rings. The molecule has 0 saturated carbocycles. The molecule has 6 aliphatic rings. The molecule has 0 amide bonds. The highest BCUT2D eigenvalue weighted by molar-refractivity contribution is 7.04. The van der Waals surface area contributed by atoms with E-state index in [9.17, 15) is 0 Å². The molecule has 96 heavy (non-hydrogen) atoms. The molecule has 6 aliphatic heterocycles. The summed E-state index contributed by atoms with van der Waals surface area (Å²) in [5.41, 5.74) is 42.0. The summed E-state index contributed by atoms with van der Waals surface area (Å²) in [5.74, 6) is 0. The molecule has 21 aromatic rings. The van der Waals surface area contributed by atoms with E-state index in [0.29, 0.717) is 20.1 Å². The molecule has 15 aromatic carbocycles. The van der Waals surface area contributed by atoms with E-state index in [1.807, 2.05) is 0 Å². The standard InChI is InChI=1S/3C30H16BN/c1-2-7-17(8-3-1)18-9-5-13-24-26(18)23-16-15-22-20-11-4-10-19-21-12-6-14-25-29(21)32(28(19)20)30(22)27(23)31(24)25;1-2-7-17(8-3-1)18-13-15-22-21-10-6-12-25-28(21)32-29(22)26(18)23-16-14-20-19-9-4-5-11-24(19)31(25)27(20)30(23)32;1-2-7-17(8-3-1)18-15-23-21-10-6-12-26-29(21)32-28(23)24(16-18)22-14-13-20-19-9-4-5-11-25(19)31(26)27(20)30(22)32/h3*1-16H. The molecule has 6 heteroatoms. The van der Waals surface area contributed by atoms with Crippen molar-refractivity contribution in [2.75, 3.05) is 0 Å². The minimum atomic E-state index is 0.299. The van der Waals surface area contributed by atoms with Gasteiger partial charge in [0.15, 0.2) is 0 Å². The first kappa shape index (κ1) is 49.5. The monoisotopic (exact) mass is 1200 g/mol. The predicted octanol–water partition coefficient (Wildman–Crippen LogP) is 15.9. The number of rotatable bonds is 3. The summed E-state index contributed by atoms with van der Waals surface area (Å²) in [4.78, 5) is 0. The van der Waals surface area contributed by atoms with Gasteiger partial charge in [-0.3, -0.25) is 0 Å². The van der Waals surface area contributed by atoms with Crippen LogP contribution in [-0.4, -0.2) is 33.3 Å². The Labute approximate surface area is 551 Å². The number of nitrogens with zero attached hydrogens (tertiary/aromatic N) is 3. The summed E-state index contributed by atoms with van der Waals surface area (Å²) in [6.07, 6.45) is 0. The molecule has 432 valence electrons. The van der Waals surface area contributed by atoms with Gasteiger partial charge in [0, 0.05) is 81.2 Å². The van der Waals surface area contributed by atoms with Crippen LogP contribution in [0.2, 0.25) is 0 Å². The van der Waals surface area contributed by atoms with Gasteiger partial charge in [0.25, 0.3) is 0 Å². The topological polar surface area (TPSA) is 13.2 Å². The number of aromatic nitrogens is 3. The van der Waals surface area contributed by atoms with Crippen LogP contribution >= 0.6 is 0 Å². The molecule has 0 spiro atoms. The Bertz CT molecular complexity index is 7130. The van der Waals surface area contributed by atoms with E-state index in [0.717, 1.165) is 0 Å². The van der Waals surface area contributed by atoms with Crippen molar-refractivity contribution >= 4 is 184 Å². The molecular weight excluding hydrogens is 1160 g/mol. The Kier molecular flexibility index (Phi) is 8.86. The van der Waals surface area contributed by atoms with Crippen molar-refractivity contribution in [3.05, 3.63) is 291 Å². The normalized spacial score (nSPS) is 13.6. The molecule has 6 aromatic heterocycles. The van der Waals surface area contributed by atoms with E-state index in [2.05, 4.69) is 304 Å². The van der Waals surface area contributed by atoms with Gasteiger partial charge in [0.2, 0.25) is 20.1 Å². The molecule has 0 bridgehead atoms. The lowest BCUT2D eigenvalue weighted by Crippen LogP contribution is -2.51. The zero-order valence-electron chi connectivity index (χ0n) is 51.8. The van der Waals surface area contributed by atoms with Crippen molar-refractivity contribution in [2.24, 2.45) is 0 Å². The molecule has 12 heterocycles. The maximum atomic E-state index is 2.60. The van der Waals surface area contributed by atoms with Crippen LogP contribution in [0.1, 0.15) is 0 Å². The Balaban J connectivity index is 0.0000000865. The lowest BCUT2D eigenvalue weighted by molar-refractivity contribution is 1.38. The first-order valence-electron chi connectivity index (χ1n) is 34.0. The summed E-state index contributed by atoms with van der Waals surface area (Å²) in [6.45, 7) is 0.957. The van der Waals surface area contributed by atoms with Crippen LogP contribution in [0.15, 0.2) is 291 Å². The number of para-hydroxylation sites is 4. The average Bonchev–Trinajstić information content (AvgIpc) is 1.51. The van der Waals surface area contributed by atoms with Gasteiger partial charge >= 0.3 is 0 Å². The minimum Gasteiger partial charge on any atom is -0.309 e. The smallest absolute Gasteiger partial charge is 0.248 e. The number of fused-ring (bicyclic) bond motifs is 18. The molecule has 0 aliphatic carbocycles. The van der Waals surface area contributed by atoms with Crippen molar-refractivity contribution in [3.8, 4) is 66.8 Å². The lowest BCUT2D eigenvalue weighted by Gasteiger charge is -2.19. The number of hydrogen-bond donors (Lipinski definition) is 0. The van der Waals surface area contributed by atoms with Crippen molar-refractivity contribution in [2.45, 2.75) is 0 Å². The van der Waals surface area contributed by atoms with Gasteiger partial charge in [-0.2, -0.15) is 0 Å². The SMILES string of the molecule is c1ccc(-c2cc3c4cccc5c4n4c6c7c(ccc6c(c2)c34)-c2ccccc2B57)cc1.c1ccc(-c2ccc3c4cccc5c4n4c6c7c(ccc6c2c34)-c2ccccc2B57)cc1.c1ccc(-c2cccc3c2-c2ccc4c5cccc6c7cccc8c7n(c4c2B38)c65)cc1. The quantitative estimate of drug-likeness (QED) is 0.156. The second kappa shape index (κ2) is 17.2. The van der Waals surface area contributed by atoms with Crippen molar-refractivity contribution < 1.29 is 0 Å². The zero-order chi connectivity index (χ0) is 61.7. The van der Waals surface area contributed by atoms with Crippen LogP contribution < -0.4 is 49.2 Å². The van der Waals surface area contributed by atoms with Gasteiger partial charge in [-0.15, -0.1) is 0 Å². The summed E-state index contributed by atoms with van der Waals surface area (Å²) in [7, 11) is 0. The van der Waals surface area contributed by atoms with E-state index >= 15 is 0 Å². The number of hydrogen-bond acceptors (Lipinski definition) is 0. The molecule has 0 unspecified atom stereocenters. The fraction of sp³-hybridized carbons (Fsp3) is 0. The second-order valence-electron chi connectivity index (χ2n) is 27.9. The summed E-state index contributed by atoms with van der Waals surface area (Å²) >= 11 is 0. The highest BCUT2D eigenvalue weighted by atomic mass is 14.9. The first-order chi connectivity index (χ1) is 47.7. The van der Waals surface area contributed by atoms with Crippen LogP contribution in [0.25, 0.3) is 181 Å². The highest BCUT2D eigenvalue weighted by Crippen LogP contribution is 2.49. The molecule has 0 N–H and O–H groups in total. The van der Waals surface area contributed by atoms with E-state index in [1.54, 1.807) is 0 Å². The molecular formula is C90H48B3N3. The maximum absolute atomic E-state index is 2.60. The third-order valence-corrected chi connectivity index (χ3v) is 23.8. The average molecular weight is 1200 g/mol. The van der Waals surface area contributed by atoms with Crippen molar-refractivity contribution in [1.29, 1.82) is 0 Å². The second-order valence-corrected chi connectivity index (χ2v) is 27.9. The van der Waals surface area contributed by atoms with Crippen LogP contribution in [0, 0.1) is 0 Å². The number of benzene rings is 15. The van der Waals surface area contributed by atoms with Gasteiger partial charge < -0.3 is 13.2 Å². The first-order valence-corrected chi connectivity index (χ1v) is 34.0. The van der Waals surface area contributed by atoms with Crippen molar-refractivity contribution in [3.63, 3.8) is 0 Å². The molecule has 3 nitrogen and oxygen atoms in total. The van der Waals surface area contributed by atoms with Gasteiger partial charge in [-0.05, 0) is 112 Å². The van der Waals surface area contributed by atoms with Gasteiger partial charge in [0.05, 0.1) is 33.1 Å². The maximum Gasteiger partial charge on any atom is 0.248 e. The fourth-order valence-electron chi connectivity index (χ4n) is 20.4. The highest BCUT2D eigenvalue weighted by Gasteiger charge is 2.45. The fourth-order valence-corrected chi connectivity index (χ4v) is 20.4. The van der Waals surface area contributed by atoms with E-state index < -0.39 is 0 Å². The molecule has 0 radical (unpaired) electrons. The largest absolute Gasteiger partial charge is 0.309 e. The van der Waals surface area contributed by atoms with E-state index in [-0.39, 0.29) is 0 Å². The van der Waals surface area contributed by atoms with Crippen molar-refractivity contribution in [1.82, 2.24) is 13.2 Å². The Morgan fingerprint density at radius 1 is 0.177 bits per heavy atom. The molecule has 27 rings (SSSR count). The summed E-state index contributed by atoms with van der Waals surface area (Å²) in [6, 6.07) is 109. The molecule has 0 atom stereocenters. The Morgan fingerprint density at radius 2 is 0.521 bits per heavy atom. The van der Waals surface area contributed by atoms with Crippen LogP contribution in [-0.2, 0) is 0 Å². The van der Waals surface area contributed by atoms with E-state index in [1.165, 1.54) is 230 Å². The lowest BCUT2D eigenvalue weighted by atomic mass is 9.37. The predicted molar refractivity (Wildman–Crippen MR) is 410 cm³/mol. The summed E-state index contributed by atoms with van der Waals surface area (Å²) < 4.78 is 7.76. The summed E-state index contributed by atoms with van der Waals surface area (Å²) in [5, 5.41) is 16.6. The van der Waals surface area contributed by atoms with Crippen LogP contribution in [0.5, 0.6) is 0 Å². The zero-order valence-corrected chi connectivity index (χ0v) is 51.8. The van der Waals surface area contributed by atoms with E-state index in [4.69, 9.17) is 0 Å². The van der Waals surface area contributed by atoms with Gasteiger partial charge in [0.1, 0.15) is 0 Å². The van der Waals surface area contributed by atoms with Crippen LogP contribution in [0.3, 0.4) is 0 Å².